The number of carbonyl (C=O) groups excluding carboxylic acids is 16. The van der Waals surface area contributed by atoms with E-state index in [0.717, 1.165) is 13.8 Å². The number of carbonyl (C=O) groups is 17. The first-order chi connectivity index (χ1) is 54.3. The quantitative estimate of drug-likeness (QED) is 0.0213. The Bertz CT molecular complexity index is 3400. The second kappa shape index (κ2) is 53.0. The van der Waals surface area contributed by atoms with Crippen LogP contribution < -0.4 is 97.8 Å². The van der Waals surface area contributed by atoms with Crippen LogP contribution in [0.5, 0.6) is 0 Å². The van der Waals surface area contributed by atoms with E-state index in [1.54, 1.807) is 41.5 Å². The third kappa shape index (κ3) is 34.9. The van der Waals surface area contributed by atoms with Crippen molar-refractivity contribution in [2.45, 2.75) is 255 Å². The van der Waals surface area contributed by atoms with Crippen LogP contribution in [0.25, 0.3) is 0 Å². The fourth-order valence-corrected chi connectivity index (χ4v) is 12.6. The number of aliphatic carboxylic acids is 1. The van der Waals surface area contributed by atoms with Gasteiger partial charge < -0.3 is 128 Å². The molecule has 0 unspecified atom stereocenters. The Hall–Kier alpha value is -9.34. The number of primary amides is 2. The maximum Gasteiger partial charge on any atom is 0.326 e. The molecule has 44 heteroatoms. The number of imidazole rings is 1. The number of nitrogens with two attached hydrogens (primary N) is 5. The molecule has 0 radical (unpaired) electrons. The number of thiol groups is 1. The zero-order valence-electron chi connectivity index (χ0n) is 66.8. The van der Waals surface area contributed by atoms with Gasteiger partial charge in [0.05, 0.1) is 44.1 Å². The molecule has 1 aromatic heterocycles. The molecule has 16 amide bonds. The number of carboxylic acids is 1. The van der Waals surface area contributed by atoms with Crippen LogP contribution in [0.3, 0.4) is 0 Å². The van der Waals surface area contributed by atoms with Crippen molar-refractivity contribution < 1.29 is 102 Å². The summed E-state index contributed by atoms with van der Waals surface area (Å²) in [4.78, 5) is 239. The number of aromatic amines is 1. The van der Waals surface area contributed by atoms with E-state index in [0.29, 0.717) is 37.1 Å². The summed E-state index contributed by atoms with van der Waals surface area (Å²) < 4.78 is 0. The van der Waals surface area contributed by atoms with Crippen molar-refractivity contribution in [3.8, 4) is 0 Å². The van der Waals surface area contributed by atoms with Gasteiger partial charge in [-0.25, -0.2) is 9.78 Å². The Morgan fingerprint density at radius 3 is 1.46 bits per heavy atom. The number of thioether (sulfide) groups is 1. The van der Waals surface area contributed by atoms with Gasteiger partial charge in [-0.3, -0.25) is 76.7 Å². The summed E-state index contributed by atoms with van der Waals surface area (Å²) in [6.07, 6.45) is 1.73. The molecule has 0 saturated carbocycles. The van der Waals surface area contributed by atoms with Crippen LogP contribution in [0.2, 0.25) is 0 Å². The minimum Gasteiger partial charge on any atom is -0.480 e. The van der Waals surface area contributed by atoms with Crippen molar-refractivity contribution in [1.82, 2.24) is 84.0 Å². The molecule has 650 valence electrons. The first-order valence-electron chi connectivity index (χ1n) is 38.5. The average Bonchev–Trinajstić information content (AvgIpc) is 1.77. The number of H-pyrrole nitrogens is 1. The van der Waals surface area contributed by atoms with Crippen molar-refractivity contribution in [2.24, 2.45) is 46.4 Å². The highest BCUT2D eigenvalue weighted by Crippen LogP contribution is 2.22. The molecular weight excluding hydrogens is 1550 g/mol. The van der Waals surface area contributed by atoms with Gasteiger partial charge in [0.25, 0.3) is 0 Å². The van der Waals surface area contributed by atoms with Gasteiger partial charge in [-0.05, 0) is 121 Å². The van der Waals surface area contributed by atoms with E-state index in [2.05, 4.69) is 91.7 Å². The van der Waals surface area contributed by atoms with Crippen LogP contribution in [0.15, 0.2) is 12.5 Å². The van der Waals surface area contributed by atoms with Crippen molar-refractivity contribution >= 4 is 125 Å². The van der Waals surface area contributed by atoms with E-state index in [1.807, 2.05) is 6.26 Å². The third-order valence-electron chi connectivity index (χ3n) is 19.5. The smallest absolute Gasteiger partial charge is 0.326 e. The van der Waals surface area contributed by atoms with Crippen LogP contribution >= 0.6 is 24.4 Å². The summed E-state index contributed by atoms with van der Waals surface area (Å²) in [5.41, 5.74) is 28.6. The lowest BCUT2D eigenvalue weighted by molar-refractivity contribution is -0.143. The van der Waals surface area contributed by atoms with Crippen LogP contribution in [0.4, 0.5) is 0 Å². The molecule has 2 rings (SSSR count). The number of aliphatic hydroxyl groups is 3. The topological polar surface area (TPSA) is 690 Å². The number of hydrogen-bond donors (Lipinski definition) is 24. The zero-order chi connectivity index (χ0) is 86.9. The van der Waals surface area contributed by atoms with Gasteiger partial charge in [0.15, 0.2) is 0 Å². The lowest BCUT2D eigenvalue weighted by Gasteiger charge is -2.31. The van der Waals surface area contributed by atoms with Gasteiger partial charge in [0, 0.05) is 37.0 Å². The van der Waals surface area contributed by atoms with E-state index >= 15 is 0 Å². The van der Waals surface area contributed by atoms with Crippen molar-refractivity contribution in [3.63, 3.8) is 0 Å². The number of aromatic nitrogens is 2. The molecule has 19 atom stereocenters. The maximum atomic E-state index is 14.9. The molecule has 1 aromatic rings. The number of aliphatic hydroxyl groups excluding tert-OH is 3. The van der Waals surface area contributed by atoms with E-state index < -0.39 is 241 Å². The van der Waals surface area contributed by atoms with Gasteiger partial charge in [-0.2, -0.15) is 24.4 Å². The van der Waals surface area contributed by atoms with E-state index in [-0.39, 0.29) is 89.6 Å². The number of nitrogens with one attached hydrogen (secondary N) is 14. The molecular formula is C71H123N21O21S2. The van der Waals surface area contributed by atoms with Gasteiger partial charge in [-0.1, -0.05) is 60.8 Å². The standard InChI is InChI=1S/C71H123N21O21S2/c1-10-35(4)53(65(106)84-46(28-40-30-77-34-79-40)70(111)92-26-17-20-49(92)64(105)80-42(18-13-15-24-72)60(101)83-45(29-51(76)97)62(103)88-55(37(6)12-3)67(108)82-44(71(112)113)21-22-50(75)96)87-52(98)31-78-59(100)47(32-93)85-68(109)56(38(7)94)91-69(110)57(39(8)95)90-61(102)43(19-14-16-25-73)81-66(107)54(36(5)11-2)89-63(104)48(33-114)86-58(99)41(74)23-27-115-9/h30,34-39,41-49,53-57,93-95,114H,10-29,31-33,72-74H2,1-9H3,(H2,75,96)(H2,76,97)(H,77,79)(H,78,100)(H,80,105)(H,81,107)(H,82,108)(H,83,101)(H,84,106)(H,85,109)(H,86,99)(H,87,98)(H,88,103)(H,89,104)(H,90,102)(H,91,110)(H,112,113)/t35-,36-,37-,38+,39+,41-,42-,43-,44-,45-,46-,47-,48-,49-,53-,54-,55-,56-,57-/m0/s1. The number of carboxylic acid groups (broad SMARTS) is 1. The van der Waals surface area contributed by atoms with Gasteiger partial charge >= 0.3 is 5.97 Å². The SMILES string of the molecule is CC[C@H](C)[C@H](NC(=O)CNC(=O)[C@H](CO)NC(=O)[C@@H](NC(=O)[C@@H](NC(=O)[C@H](CCCCN)NC(=O)[C@@H](NC(=O)[C@H](CS)NC(=O)[C@@H](N)CCSC)[C@@H](C)CC)[C@@H](C)O)[C@@H](C)O)C(=O)N[C@@H](Cc1cnc[nH]1)C(=O)N1CCC[C@H]1C(=O)N[C@@H](CCCCN)C(=O)N[C@@H](CC(N)=O)C(=O)N[C@H](C(=O)N[C@@H](CCC(N)=O)C(=O)O)[C@@H](C)CC. The van der Waals surface area contributed by atoms with Crippen LogP contribution in [-0.4, -0.2) is 283 Å². The summed E-state index contributed by atoms with van der Waals surface area (Å²) >= 11 is 5.69. The van der Waals surface area contributed by atoms with E-state index in [9.17, 15) is 102 Å². The number of unbranched alkanes of at least 4 members (excludes halogenated alkanes) is 2. The largest absolute Gasteiger partial charge is 0.480 e. The summed E-state index contributed by atoms with van der Waals surface area (Å²) in [5, 5.41) is 73.6. The molecule has 0 bridgehead atoms. The molecule has 1 saturated heterocycles. The summed E-state index contributed by atoms with van der Waals surface area (Å²) in [6.45, 7) is 10.4. The zero-order valence-corrected chi connectivity index (χ0v) is 68.5. The fraction of sp³-hybridized carbons (Fsp3) is 0.718. The monoisotopic (exact) mass is 1670 g/mol. The minimum atomic E-state index is -1.96. The molecule has 28 N–H and O–H groups in total. The Labute approximate surface area is 677 Å². The first kappa shape index (κ1) is 102. The molecule has 0 aliphatic carbocycles. The van der Waals surface area contributed by atoms with Gasteiger partial charge in [0.1, 0.15) is 78.5 Å². The highest BCUT2D eigenvalue weighted by atomic mass is 32.2. The van der Waals surface area contributed by atoms with Crippen molar-refractivity contribution in [3.05, 3.63) is 18.2 Å². The molecule has 2 heterocycles. The Morgan fingerprint density at radius 2 is 0.991 bits per heavy atom. The molecule has 0 aromatic carbocycles. The Morgan fingerprint density at radius 1 is 0.548 bits per heavy atom. The maximum absolute atomic E-state index is 14.9. The summed E-state index contributed by atoms with van der Waals surface area (Å²) in [6, 6.07) is -21.0. The molecule has 1 fully saturated rings. The first-order valence-corrected chi connectivity index (χ1v) is 40.5. The summed E-state index contributed by atoms with van der Waals surface area (Å²) in [7, 11) is 0. The number of nitrogens with zero attached hydrogens (tertiary/aromatic N) is 2. The van der Waals surface area contributed by atoms with Crippen molar-refractivity contribution in [2.75, 3.05) is 50.5 Å². The van der Waals surface area contributed by atoms with Gasteiger partial charge in [0.2, 0.25) is 94.5 Å². The van der Waals surface area contributed by atoms with E-state index in [1.165, 1.54) is 29.2 Å². The predicted octanol–water partition coefficient (Wildman–Crippen LogP) is -7.74. The number of amides is 16. The summed E-state index contributed by atoms with van der Waals surface area (Å²) in [5.74, 6) is -18.4. The second-order valence-electron chi connectivity index (χ2n) is 28.6. The number of rotatable bonds is 56. The van der Waals surface area contributed by atoms with Gasteiger partial charge in [-0.15, -0.1) is 0 Å². The molecule has 1 aliphatic heterocycles. The Balaban J connectivity index is 2.35. The fourth-order valence-electron chi connectivity index (χ4n) is 11.9. The average molecular weight is 1670 g/mol. The van der Waals surface area contributed by atoms with Crippen LogP contribution in [-0.2, 0) is 87.9 Å². The molecule has 1 aliphatic rings. The Kier molecular flexibility index (Phi) is 46.9. The highest BCUT2D eigenvalue weighted by molar-refractivity contribution is 7.98. The third-order valence-corrected chi connectivity index (χ3v) is 20.5. The molecule has 42 nitrogen and oxygen atoms in total. The number of hydrogen-bond acceptors (Lipinski definition) is 26. The highest BCUT2D eigenvalue weighted by Gasteiger charge is 2.43. The van der Waals surface area contributed by atoms with Crippen LogP contribution in [0.1, 0.15) is 157 Å². The van der Waals surface area contributed by atoms with E-state index in [4.69, 9.17) is 28.7 Å². The minimum absolute atomic E-state index is 0.0370. The molecule has 0 spiro atoms. The second-order valence-corrected chi connectivity index (χ2v) is 29.9. The number of likely N-dealkylation sites (tertiary alicyclic amines) is 1. The lowest BCUT2D eigenvalue weighted by atomic mass is 9.97. The molecule has 115 heavy (non-hydrogen) atoms. The van der Waals surface area contributed by atoms with Crippen molar-refractivity contribution in [1.29, 1.82) is 0 Å². The normalized spacial score (nSPS) is 17.3. The lowest BCUT2D eigenvalue weighted by Crippen LogP contribution is -2.63. The predicted molar refractivity (Wildman–Crippen MR) is 423 cm³/mol. The van der Waals surface area contributed by atoms with Crippen LogP contribution in [0, 0.1) is 17.8 Å².